The van der Waals surface area contributed by atoms with Gasteiger partial charge in [-0.15, -0.1) is 0 Å². The molecular formula is C25H21F3N6O3. The average Bonchev–Trinajstić information content (AvgIpc) is 3.55. The number of nitrogens with one attached hydrogen (secondary N) is 4. The third kappa shape index (κ3) is 5.54. The maximum Gasteiger partial charge on any atom is 0.416 e. The molecule has 4 aromatic rings. The van der Waals surface area contributed by atoms with E-state index in [4.69, 9.17) is 4.74 Å². The number of carbonyl (C=O) groups excluding carboxylic acids is 2. The van der Waals surface area contributed by atoms with Crippen LogP contribution in [0, 0.1) is 0 Å². The first-order valence-corrected chi connectivity index (χ1v) is 11.3. The van der Waals surface area contributed by atoms with Crippen LogP contribution in [0.3, 0.4) is 0 Å². The van der Waals surface area contributed by atoms with E-state index < -0.39 is 23.6 Å². The molecule has 1 unspecified atom stereocenters. The molecule has 12 heteroatoms. The number of aromatic nitrogens is 3. The van der Waals surface area contributed by atoms with E-state index in [2.05, 4.69) is 31.1 Å². The van der Waals surface area contributed by atoms with Crippen LogP contribution >= 0.6 is 0 Å². The van der Waals surface area contributed by atoms with Gasteiger partial charge in [0.05, 0.1) is 35.5 Å². The largest absolute Gasteiger partial charge is 0.416 e. The smallest absolute Gasteiger partial charge is 0.379 e. The molecule has 2 amide bonds. The molecule has 4 N–H and O–H groups in total. The van der Waals surface area contributed by atoms with Gasteiger partial charge in [-0.05, 0) is 55.0 Å². The number of hydrogen-bond donors (Lipinski definition) is 4. The number of fused-ring (bicyclic) bond motifs is 1. The minimum absolute atomic E-state index is 0.0960. The van der Waals surface area contributed by atoms with Gasteiger partial charge in [-0.25, -0.2) is 4.98 Å². The Morgan fingerprint density at radius 3 is 2.70 bits per heavy atom. The second-order valence-corrected chi connectivity index (χ2v) is 8.48. The van der Waals surface area contributed by atoms with Crippen molar-refractivity contribution < 1.29 is 27.5 Å². The Morgan fingerprint density at radius 2 is 1.92 bits per heavy atom. The molecule has 1 fully saturated rings. The number of nitrogens with zero attached hydrogens (tertiary/aromatic N) is 2. The average molecular weight is 510 g/mol. The molecule has 1 aliphatic rings. The van der Waals surface area contributed by atoms with Crippen molar-refractivity contribution in [1.82, 2.24) is 20.5 Å². The number of rotatable bonds is 6. The van der Waals surface area contributed by atoms with E-state index in [9.17, 15) is 22.8 Å². The highest BCUT2D eigenvalue weighted by Crippen LogP contribution is 2.32. The van der Waals surface area contributed by atoms with Crippen molar-refractivity contribution in [2.45, 2.75) is 18.6 Å². The van der Waals surface area contributed by atoms with Gasteiger partial charge in [-0.3, -0.25) is 14.7 Å². The van der Waals surface area contributed by atoms with Gasteiger partial charge in [0.1, 0.15) is 5.82 Å². The lowest BCUT2D eigenvalue weighted by atomic mass is 10.1. The van der Waals surface area contributed by atoms with Crippen molar-refractivity contribution in [2.75, 3.05) is 23.8 Å². The molecule has 0 radical (unpaired) electrons. The number of carbonyl (C=O) groups is 2. The zero-order valence-corrected chi connectivity index (χ0v) is 19.2. The molecule has 2 aromatic carbocycles. The van der Waals surface area contributed by atoms with Gasteiger partial charge >= 0.3 is 6.18 Å². The summed E-state index contributed by atoms with van der Waals surface area (Å²) in [6, 6.07) is 10.9. The van der Waals surface area contributed by atoms with Crippen LogP contribution < -0.4 is 16.0 Å². The fraction of sp³-hybridized carbons (Fsp3) is 0.200. The van der Waals surface area contributed by atoms with Gasteiger partial charge in [-0.2, -0.15) is 18.3 Å². The number of aromatic amines is 1. The fourth-order valence-corrected chi connectivity index (χ4v) is 3.95. The highest BCUT2D eigenvalue weighted by molar-refractivity contribution is 6.08. The van der Waals surface area contributed by atoms with E-state index >= 15 is 0 Å². The molecule has 0 spiro atoms. The van der Waals surface area contributed by atoms with Gasteiger partial charge < -0.3 is 20.7 Å². The minimum Gasteiger partial charge on any atom is -0.379 e. The van der Waals surface area contributed by atoms with E-state index in [0.717, 1.165) is 23.0 Å². The maximum absolute atomic E-state index is 13.6. The molecule has 9 nitrogen and oxygen atoms in total. The van der Waals surface area contributed by atoms with Crippen molar-refractivity contribution in [2.24, 2.45) is 0 Å². The van der Waals surface area contributed by atoms with Crippen molar-refractivity contribution in [3.8, 4) is 0 Å². The summed E-state index contributed by atoms with van der Waals surface area (Å²) in [4.78, 5) is 30.0. The van der Waals surface area contributed by atoms with Crippen LogP contribution in [0.5, 0.6) is 0 Å². The number of H-pyrrole nitrogens is 1. The van der Waals surface area contributed by atoms with Crippen LogP contribution in [0.2, 0.25) is 0 Å². The Labute approximate surface area is 208 Å². The maximum atomic E-state index is 13.6. The van der Waals surface area contributed by atoms with Gasteiger partial charge in [-0.1, -0.05) is 0 Å². The monoisotopic (exact) mass is 510 g/mol. The SMILES string of the molecule is O=C(NC1CCOC1)c1cc(NC(=O)c2cccnc2Nc2ccc3cn[nH]c3c2)cc(C(F)(F)F)c1. The Hall–Kier alpha value is -4.45. The first kappa shape index (κ1) is 24.3. The number of halogens is 3. The zero-order chi connectivity index (χ0) is 26.0. The summed E-state index contributed by atoms with van der Waals surface area (Å²) in [7, 11) is 0. The summed E-state index contributed by atoms with van der Waals surface area (Å²) in [6.45, 7) is 0.754. The molecule has 3 heterocycles. The van der Waals surface area contributed by atoms with E-state index in [1.54, 1.807) is 18.3 Å². The third-order valence-corrected chi connectivity index (χ3v) is 5.80. The van der Waals surface area contributed by atoms with E-state index in [-0.39, 0.29) is 28.7 Å². The Morgan fingerprint density at radius 1 is 1.05 bits per heavy atom. The third-order valence-electron chi connectivity index (χ3n) is 5.80. The van der Waals surface area contributed by atoms with E-state index in [0.29, 0.717) is 25.3 Å². The normalized spacial score (nSPS) is 15.5. The predicted molar refractivity (Wildman–Crippen MR) is 130 cm³/mol. The molecule has 0 bridgehead atoms. The summed E-state index contributed by atoms with van der Waals surface area (Å²) >= 11 is 0. The molecule has 1 atom stereocenters. The summed E-state index contributed by atoms with van der Waals surface area (Å²) in [5, 5.41) is 15.9. The van der Waals surface area contributed by atoms with Crippen molar-refractivity contribution in [1.29, 1.82) is 0 Å². The minimum atomic E-state index is -4.72. The summed E-state index contributed by atoms with van der Waals surface area (Å²) in [5.74, 6) is -1.19. The van der Waals surface area contributed by atoms with E-state index in [1.807, 2.05) is 6.07 Å². The fourth-order valence-electron chi connectivity index (χ4n) is 3.95. The highest BCUT2D eigenvalue weighted by Gasteiger charge is 2.32. The number of ether oxygens (including phenoxy) is 1. The van der Waals surface area contributed by atoms with Crippen molar-refractivity contribution in [3.05, 3.63) is 77.6 Å². The molecule has 2 aromatic heterocycles. The summed E-state index contributed by atoms with van der Waals surface area (Å²) in [5.41, 5.74) is 0.0225. The number of amides is 2. The lowest BCUT2D eigenvalue weighted by Crippen LogP contribution is -2.35. The van der Waals surface area contributed by atoms with Gasteiger partial charge in [0.25, 0.3) is 11.8 Å². The topological polar surface area (TPSA) is 121 Å². The van der Waals surface area contributed by atoms with Crippen LogP contribution in [0.15, 0.2) is 60.9 Å². The number of anilines is 3. The molecular weight excluding hydrogens is 489 g/mol. The first-order valence-electron chi connectivity index (χ1n) is 11.3. The zero-order valence-electron chi connectivity index (χ0n) is 19.2. The van der Waals surface area contributed by atoms with Crippen LogP contribution in [-0.4, -0.2) is 46.3 Å². The van der Waals surface area contributed by atoms with Gasteiger partial charge in [0.15, 0.2) is 0 Å². The second kappa shape index (κ2) is 9.90. The summed E-state index contributed by atoms with van der Waals surface area (Å²) in [6.07, 6.45) is -1.01. The molecule has 0 saturated carbocycles. The van der Waals surface area contributed by atoms with Crippen molar-refractivity contribution >= 4 is 39.9 Å². The lowest BCUT2D eigenvalue weighted by molar-refractivity contribution is -0.137. The molecule has 1 aliphatic heterocycles. The lowest BCUT2D eigenvalue weighted by Gasteiger charge is -2.16. The van der Waals surface area contributed by atoms with Gasteiger partial charge in [0, 0.05) is 35.1 Å². The van der Waals surface area contributed by atoms with Crippen LogP contribution in [-0.2, 0) is 10.9 Å². The standard InChI is InChI=1S/C25H21F3N6O3/c26-25(27,28)16-8-15(23(35)32-18-5-7-37-13-18)9-19(10-16)33-24(36)20-2-1-6-29-22(20)31-17-4-3-14-12-30-34-21(14)11-17/h1-4,6,8-12,18H,5,7,13H2,(H,29,31)(H,30,34)(H,32,35)(H,33,36). The quantitative estimate of drug-likeness (QED) is 0.303. The first-order chi connectivity index (χ1) is 17.8. The molecule has 5 rings (SSSR count). The number of alkyl halides is 3. The highest BCUT2D eigenvalue weighted by atomic mass is 19.4. The van der Waals surface area contributed by atoms with Crippen LogP contribution in [0.1, 0.15) is 32.7 Å². The Balaban J connectivity index is 1.40. The Kier molecular flexibility index (Phi) is 6.49. The molecule has 190 valence electrons. The number of pyridine rings is 1. The van der Waals surface area contributed by atoms with E-state index in [1.165, 1.54) is 24.4 Å². The summed E-state index contributed by atoms with van der Waals surface area (Å²) < 4.78 is 45.9. The Bertz CT molecular complexity index is 1460. The molecule has 1 saturated heterocycles. The molecule has 37 heavy (non-hydrogen) atoms. The second-order valence-electron chi connectivity index (χ2n) is 8.48. The predicted octanol–water partition coefficient (Wildman–Crippen LogP) is 4.49. The van der Waals surface area contributed by atoms with Crippen LogP contribution in [0.25, 0.3) is 10.9 Å². The van der Waals surface area contributed by atoms with Crippen molar-refractivity contribution in [3.63, 3.8) is 0 Å². The van der Waals surface area contributed by atoms with Crippen LogP contribution in [0.4, 0.5) is 30.4 Å². The number of benzene rings is 2. The number of hydrogen-bond acceptors (Lipinski definition) is 6. The molecule has 0 aliphatic carbocycles. The van der Waals surface area contributed by atoms with Gasteiger partial charge in [0.2, 0.25) is 0 Å².